The van der Waals surface area contributed by atoms with Crippen molar-refractivity contribution in [1.82, 2.24) is 0 Å². The van der Waals surface area contributed by atoms with E-state index in [2.05, 4.69) is 6.08 Å². The Morgan fingerprint density at radius 2 is 1.58 bits per heavy atom. The van der Waals surface area contributed by atoms with Gasteiger partial charge in [-0.25, -0.2) is 0 Å². The Balaban J connectivity index is -0.000000107. The van der Waals surface area contributed by atoms with Crippen molar-refractivity contribution in [3.63, 3.8) is 0 Å². The fourth-order valence-corrected chi connectivity index (χ4v) is 0.415. The van der Waals surface area contributed by atoms with E-state index in [1.807, 2.05) is 20.8 Å². The summed E-state index contributed by atoms with van der Waals surface area (Å²) >= 11 is 0. The number of carbonyl (C=O) groups is 1. The molecular weight excluding hydrogens is 225 g/mol. The van der Waals surface area contributed by atoms with Crippen LogP contribution in [0.1, 0.15) is 48.5 Å². The van der Waals surface area contributed by atoms with Crippen molar-refractivity contribution in [3.8, 4) is 0 Å². The van der Waals surface area contributed by atoms with Gasteiger partial charge in [-0.2, -0.15) is 0 Å². The van der Waals surface area contributed by atoms with Crippen molar-refractivity contribution >= 4 is 5.78 Å². The molecule has 0 aromatic heterocycles. The summed E-state index contributed by atoms with van der Waals surface area (Å²) in [4.78, 5) is 10.6. The third-order valence-corrected chi connectivity index (χ3v) is 1.20. The first kappa shape index (κ1) is 22.9. The molecule has 0 rings (SSSR count). The van der Waals surface area contributed by atoms with Crippen LogP contribution in [0.2, 0.25) is 0 Å². The van der Waals surface area contributed by atoms with E-state index in [9.17, 15) is 4.79 Å². The molecule has 0 aliphatic heterocycles. The maximum absolute atomic E-state index is 10.6. The minimum atomic E-state index is 0. The molecule has 0 amide bonds. The van der Waals surface area contributed by atoms with Crippen molar-refractivity contribution in [2.24, 2.45) is 0 Å². The third kappa shape index (κ3) is 13.1. The molecule has 0 atom stereocenters. The topological polar surface area (TPSA) is 17.1 Å². The molecule has 0 aliphatic carbocycles. The molecule has 0 unspecified atom stereocenters. The summed E-state index contributed by atoms with van der Waals surface area (Å²) in [5.74, 6) is 0.106. The SMILES string of the molecule is C.C.CCC(=O)[C-]=C(C)CC.[Y]. The molecule has 71 valence electrons. The van der Waals surface area contributed by atoms with Crippen molar-refractivity contribution in [2.45, 2.75) is 48.5 Å². The quantitative estimate of drug-likeness (QED) is 0.551. The standard InChI is InChI=1S/C8H13O.2CH4.Y/c1-4-7(3)6-8(9)5-2;;;/h4-5H2,1-3H3;2*1H4;/q-1;;;. The maximum Gasteiger partial charge on any atom is 0 e. The maximum atomic E-state index is 10.6. The smallest absolute Gasteiger partial charge is 0 e. The van der Waals surface area contributed by atoms with Gasteiger partial charge < -0.3 is 10.9 Å². The molecule has 1 nitrogen and oxygen atoms in total. The molecular formula is C10H21OY-. The third-order valence-electron chi connectivity index (χ3n) is 1.20. The number of allylic oxidation sites excluding steroid dienone is 2. The zero-order valence-electron chi connectivity index (χ0n) is 6.90. The van der Waals surface area contributed by atoms with Crippen molar-refractivity contribution in [3.05, 3.63) is 11.6 Å². The second-order valence-corrected chi connectivity index (χ2v) is 2.04. The molecule has 0 saturated heterocycles. The molecule has 0 aliphatic rings. The van der Waals surface area contributed by atoms with Gasteiger partial charge in [0.2, 0.25) is 0 Å². The molecule has 0 saturated carbocycles. The largest absolute Gasteiger partial charge is 0.428 e. The van der Waals surface area contributed by atoms with E-state index in [0.29, 0.717) is 6.42 Å². The number of rotatable bonds is 3. The van der Waals surface area contributed by atoms with Crippen LogP contribution in [0.5, 0.6) is 0 Å². The molecule has 2 heteroatoms. The first-order valence-corrected chi connectivity index (χ1v) is 3.33. The van der Waals surface area contributed by atoms with E-state index in [-0.39, 0.29) is 53.3 Å². The van der Waals surface area contributed by atoms with Crippen molar-refractivity contribution in [1.29, 1.82) is 0 Å². The van der Waals surface area contributed by atoms with Gasteiger partial charge >= 0.3 is 0 Å². The van der Waals surface area contributed by atoms with Gasteiger partial charge in [-0.15, -0.1) is 0 Å². The van der Waals surface area contributed by atoms with Crippen LogP contribution in [0.3, 0.4) is 0 Å². The molecule has 1 radical (unpaired) electrons. The number of hydrogen-bond donors (Lipinski definition) is 0. The van der Waals surface area contributed by atoms with E-state index in [4.69, 9.17) is 0 Å². The zero-order valence-corrected chi connectivity index (χ0v) is 9.74. The van der Waals surface area contributed by atoms with Crippen molar-refractivity contribution < 1.29 is 37.5 Å². The molecule has 0 bridgehead atoms. The summed E-state index contributed by atoms with van der Waals surface area (Å²) in [5, 5.41) is 0. The van der Waals surface area contributed by atoms with Gasteiger partial charge in [0.15, 0.2) is 0 Å². The van der Waals surface area contributed by atoms with Crippen LogP contribution in [-0.2, 0) is 37.5 Å². The first-order chi connectivity index (χ1) is 4.20. The van der Waals surface area contributed by atoms with Crippen LogP contribution in [0.15, 0.2) is 5.57 Å². The summed E-state index contributed by atoms with van der Waals surface area (Å²) in [7, 11) is 0. The van der Waals surface area contributed by atoms with E-state index in [0.717, 1.165) is 12.0 Å². The number of Topliss-reactive ketones (excluding diaryl/α,β-unsaturated/α-hetero) is 1. The Morgan fingerprint density at radius 1 is 1.17 bits per heavy atom. The Hall–Kier alpha value is 0.514. The van der Waals surface area contributed by atoms with Gasteiger partial charge in [-0.3, -0.25) is 5.57 Å². The van der Waals surface area contributed by atoms with Crippen LogP contribution in [0.25, 0.3) is 0 Å². The molecule has 12 heavy (non-hydrogen) atoms. The van der Waals surface area contributed by atoms with E-state index < -0.39 is 0 Å². The molecule has 0 aromatic carbocycles. The van der Waals surface area contributed by atoms with Gasteiger partial charge in [-0.05, 0) is 12.2 Å². The number of carbonyl (C=O) groups excluding carboxylic acids is 1. The molecule has 0 aromatic rings. The molecule has 0 N–H and O–H groups in total. The van der Waals surface area contributed by atoms with Crippen LogP contribution in [0.4, 0.5) is 0 Å². The second-order valence-electron chi connectivity index (χ2n) is 2.04. The Bertz CT molecular complexity index is 128. The Labute approximate surface area is 103 Å². The minimum Gasteiger partial charge on any atom is -0.428 e. The van der Waals surface area contributed by atoms with E-state index in [1.165, 1.54) is 0 Å². The van der Waals surface area contributed by atoms with Gasteiger partial charge in [0.1, 0.15) is 0 Å². The average molecular weight is 246 g/mol. The van der Waals surface area contributed by atoms with E-state index >= 15 is 0 Å². The molecule has 0 heterocycles. The average Bonchev–Trinajstić information content (AvgIpc) is 1.87. The summed E-state index contributed by atoms with van der Waals surface area (Å²) in [6.07, 6.45) is 4.25. The summed E-state index contributed by atoms with van der Waals surface area (Å²) in [6, 6.07) is 0. The number of ketones is 1. The van der Waals surface area contributed by atoms with Crippen LogP contribution < -0.4 is 0 Å². The van der Waals surface area contributed by atoms with Crippen LogP contribution >= 0.6 is 0 Å². The summed E-state index contributed by atoms with van der Waals surface area (Å²) < 4.78 is 0. The van der Waals surface area contributed by atoms with Gasteiger partial charge in [0.25, 0.3) is 0 Å². The molecule has 0 spiro atoms. The Morgan fingerprint density at radius 3 is 1.83 bits per heavy atom. The van der Waals surface area contributed by atoms with Gasteiger partial charge in [0, 0.05) is 32.7 Å². The van der Waals surface area contributed by atoms with Gasteiger partial charge in [0.05, 0.1) is 0 Å². The fourth-order valence-electron chi connectivity index (χ4n) is 0.415. The minimum absolute atomic E-state index is 0. The number of hydrogen-bond acceptors (Lipinski definition) is 1. The zero-order chi connectivity index (χ0) is 7.28. The van der Waals surface area contributed by atoms with E-state index in [1.54, 1.807) is 0 Å². The predicted octanol–water partition coefficient (Wildman–Crippen LogP) is 3.39. The second kappa shape index (κ2) is 14.1. The fraction of sp³-hybridized carbons (Fsp3) is 0.700. The summed E-state index contributed by atoms with van der Waals surface area (Å²) in [5.41, 5.74) is 1.04. The monoisotopic (exact) mass is 246 g/mol. The summed E-state index contributed by atoms with van der Waals surface area (Å²) in [6.45, 7) is 5.79. The van der Waals surface area contributed by atoms with Gasteiger partial charge in [-0.1, -0.05) is 42.0 Å². The normalized spacial score (nSPS) is 8.75. The first-order valence-electron chi connectivity index (χ1n) is 3.33. The molecule has 0 fully saturated rings. The van der Waals surface area contributed by atoms with Crippen LogP contribution in [-0.4, -0.2) is 5.78 Å². The Kier molecular flexibility index (Phi) is 26.8. The van der Waals surface area contributed by atoms with Crippen molar-refractivity contribution in [2.75, 3.05) is 0 Å². The van der Waals surface area contributed by atoms with Crippen LogP contribution in [0, 0.1) is 6.08 Å². The predicted molar refractivity (Wildman–Crippen MR) is 51.5 cm³/mol.